The fourth-order valence-electron chi connectivity index (χ4n) is 0.831. The molecule has 1 N–H and O–H groups in total. The maximum Gasteiger partial charge on any atom is 0.181 e. The number of anilines is 1. The minimum absolute atomic E-state index is 0.215. The van der Waals surface area contributed by atoms with Crippen LogP contribution in [0.1, 0.15) is 6.92 Å². The quantitative estimate of drug-likeness (QED) is 0.695. The molecule has 0 unspecified atom stereocenters. The van der Waals surface area contributed by atoms with Crippen molar-refractivity contribution in [3.05, 3.63) is 29.8 Å². The predicted octanol–water partition coefficient (Wildman–Crippen LogP) is 2.40. The van der Waals surface area contributed by atoms with E-state index in [1.165, 1.54) is 12.1 Å². The topological polar surface area (TPSA) is 12.0 Å². The lowest BCUT2D eigenvalue weighted by Gasteiger charge is -2.03. The molecule has 0 heterocycles. The summed E-state index contributed by atoms with van der Waals surface area (Å²) >= 11 is 0. The van der Waals surface area contributed by atoms with Gasteiger partial charge in [0.05, 0.1) is 5.69 Å². The number of benzene rings is 1. The zero-order valence-corrected chi connectivity index (χ0v) is 6.20. The Balaban J connectivity index is 2.96. The van der Waals surface area contributed by atoms with Crippen LogP contribution in [0.25, 0.3) is 0 Å². The van der Waals surface area contributed by atoms with Gasteiger partial charge in [-0.3, -0.25) is 0 Å². The molecule has 0 saturated heterocycles. The smallest absolute Gasteiger partial charge is 0.181 e. The lowest BCUT2D eigenvalue weighted by atomic mass is 10.3. The number of hydrogen-bond donors (Lipinski definition) is 1. The molecule has 0 bridgehead atoms. The summed E-state index contributed by atoms with van der Waals surface area (Å²) in [6.45, 7) is 2.41. The highest BCUT2D eigenvalue weighted by molar-refractivity contribution is 5.44. The van der Waals surface area contributed by atoms with Gasteiger partial charge >= 0.3 is 0 Å². The third-order valence-corrected chi connectivity index (χ3v) is 1.32. The summed E-state index contributed by atoms with van der Waals surface area (Å²) in [5.74, 6) is -1.63. The van der Waals surface area contributed by atoms with E-state index in [-0.39, 0.29) is 5.69 Å². The summed E-state index contributed by atoms with van der Waals surface area (Å²) < 4.78 is 25.2. The summed E-state index contributed by atoms with van der Waals surface area (Å²) in [4.78, 5) is 0. The van der Waals surface area contributed by atoms with Gasteiger partial charge in [0.25, 0.3) is 0 Å². The first-order chi connectivity index (χ1) is 5.25. The van der Waals surface area contributed by atoms with E-state index in [2.05, 4.69) is 5.32 Å². The van der Waals surface area contributed by atoms with Gasteiger partial charge in [-0.1, -0.05) is 6.07 Å². The van der Waals surface area contributed by atoms with Crippen molar-refractivity contribution in [2.45, 2.75) is 6.92 Å². The molecule has 1 aromatic carbocycles. The second kappa shape index (κ2) is 3.32. The highest BCUT2D eigenvalue weighted by Crippen LogP contribution is 2.15. The molecule has 1 aromatic rings. The van der Waals surface area contributed by atoms with Crippen molar-refractivity contribution in [1.82, 2.24) is 0 Å². The Morgan fingerprint density at radius 2 is 2.09 bits per heavy atom. The van der Waals surface area contributed by atoms with Crippen LogP contribution in [-0.4, -0.2) is 6.54 Å². The molecular weight excluding hydrogens is 148 g/mol. The van der Waals surface area contributed by atoms with Crippen LogP contribution in [0.15, 0.2) is 18.2 Å². The third kappa shape index (κ3) is 1.67. The zero-order valence-electron chi connectivity index (χ0n) is 6.20. The van der Waals surface area contributed by atoms with E-state index in [4.69, 9.17) is 0 Å². The Morgan fingerprint density at radius 3 is 2.73 bits per heavy atom. The zero-order chi connectivity index (χ0) is 8.27. The van der Waals surface area contributed by atoms with E-state index >= 15 is 0 Å². The standard InChI is InChI=1S/C8H9F2N/c1-2-11-7-5-3-4-6(9)8(7)10/h3-5,11H,2H2,1H3. The van der Waals surface area contributed by atoms with Gasteiger partial charge in [0, 0.05) is 6.54 Å². The van der Waals surface area contributed by atoms with Crippen LogP contribution in [0.3, 0.4) is 0 Å². The first-order valence-corrected chi connectivity index (χ1v) is 3.43. The number of rotatable bonds is 2. The van der Waals surface area contributed by atoms with Crippen LogP contribution in [0.5, 0.6) is 0 Å². The summed E-state index contributed by atoms with van der Waals surface area (Å²) in [5.41, 5.74) is 0.215. The van der Waals surface area contributed by atoms with Crippen LogP contribution in [0, 0.1) is 11.6 Å². The van der Waals surface area contributed by atoms with E-state index in [9.17, 15) is 8.78 Å². The van der Waals surface area contributed by atoms with Crippen molar-refractivity contribution in [3.63, 3.8) is 0 Å². The molecular formula is C8H9F2N. The highest BCUT2D eigenvalue weighted by Gasteiger charge is 2.04. The van der Waals surface area contributed by atoms with Gasteiger partial charge in [0.1, 0.15) is 0 Å². The second-order valence-corrected chi connectivity index (χ2v) is 2.13. The molecule has 3 heteroatoms. The van der Waals surface area contributed by atoms with Crippen molar-refractivity contribution >= 4 is 5.69 Å². The van der Waals surface area contributed by atoms with Gasteiger partial charge in [0.15, 0.2) is 11.6 Å². The Kier molecular flexibility index (Phi) is 2.41. The Morgan fingerprint density at radius 1 is 1.36 bits per heavy atom. The number of hydrogen-bond acceptors (Lipinski definition) is 1. The van der Waals surface area contributed by atoms with E-state index in [0.717, 1.165) is 6.07 Å². The SMILES string of the molecule is CCNc1cccc(F)c1F. The maximum absolute atomic E-state index is 12.8. The van der Waals surface area contributed by atoms with Crippen LogP contribution < -0.4 is 5.32 Å². The van der Waals surface area contributed by atoms with Gasteiger partial charge in [-0.05, 0) is 19.1 Å². The molecule has 11 heavy (non-hydrogen) atoms. The van der Waals surface area contributed by atoms with Gasteiger partial charge in [0.2, 0.25) is 0 Å². The maximum atomic E-state index is 12.8. The van der Waals surface area contributed by atoms with Crippen molar-refractivity contribution in [3.8, 4) is 0 Å². The molecule has 0 amide bonds. The van der Waals surface area contributed by atoms with Crippen LogP contribution in [0.2, 0.25) is 0 Å². The monoisotopic (exact) mass is 157 g/mol. The fraction of sp³-hybridized carbons (Fsp3) is 0.250. The van der Waals surface area contributed by atoms with E-state index in [1.807, 2.05) is 6.92 Å². The van der Waals surface area contributed by atoms with Crippen LogP contribution in [-0.2, 0) is 0 Å². The molecule has 0 radical (unpaired) electrons. The molecule has 0 aliphatic rings. The molecule has 0 aliphatic heterocycles. The fourth-order valence-corrected chi connectivity index (χ4v) is 0.831. The molecule has 0 aliphatic carbocycles. The van der Waals surface area contributed by atoms with E-state index in [0.29, 0.717) is 6.54 Å². The Hall–Kier alpha value is -1.12. The number of halogens is 2. The minimum atomic E-state index is -0.816. The first kappa shape index (κ1) is 7.98. The molecule has 60 valence electrons. The van der Waals surface area contributed by atoms with Gasteiger partial charge < -0.3 is 5.32 Å². The lowest BCUT2D eigenvalue weighted by Crippen LogP contribution is -2.00. The third-order valence-electron chi connectivity index (χ3n) is 1.32. The summed E-state index contributed by atoms with van der Waals surface area (Å²) in [6.07, 6.45) is 0. The average Bonchev–Trinajstić information content (AvgIpc) is 1.99. The Bertz CT molecular complexity index is 248. The van der Waals surface area contributed by atoms with Crippen molar-refractivity contribution < 1.29 is 8.78 Å². The minimum Gasteiger partial charge on any atom is -0.383 e. The summed E-state index contributed by atoms with van der Waals surface area (Å²) in [6, 6.07) is 4.06. The molecule has 0 saturated carbocycles. The summed E-state index contributed by atoms with van der Waals surface area (Å²) in [5, 5.41) is 2.70. The molecule has 1 nitrogen and oxygen atoms in total. The highest BCUT2D eigenvalue weighted by atomic mass is 19.2. The Labute approximate surface area is 64.0 Å². The predicted molar refractivity (Wildman–Crippen MR) is 40.5 cm³/mol. The molecule has 0 fully saturated rings. The van der Waals surface area contributed by atoms with E-state index < -0.39 is 11.6 Å². The molecule has 0 aromatic heterocycles. The molecule has 0 spiro atoms. The lowest BCUT2D eigenvalue weighted by molar-refractivity contribution is 0.511. The number of nitrogens with one attached hydrogen (secondary N) is 1. The van der Waals surface area contributed by atoms with Crippen molar-refractivity contribution in [1.29, 1.82) is 0 Å². The van der Waals surface area contributed by atoms with Crippen molar-refractivity contribution in [2.24, 2.45) is 0 Å². The van der Waals surface area contributed by atoms with E-state index in [1.54, 1.807) is 0 Å². The van der Waals surface area contributed by atoms with Crippen LogP contribution >= 0.6 is 0 Å². The second-order valence-electron chi connectivity index (χ2n) is 2.13. The normalized spacial score (nSPS) is 9.73. The van der Waals surface area contributed by atoms with Crippen LogP contribution in [0.4, 0.5) is 14.5 Å². The first-order valence-electron chi connectivity index (χ1n) is 3.43. The van der Waals surface area contributed by atoms with Gasteiger partial charge in [-0.25, -0.2) is 8.78 Å². The van der Waals surface area contributed by atoms with Gasteiger partial charge in [-0.15, -0.1) is 0 Å². The summed E-state index contributed by atoms with van der Waals surface area (Å²) in [7, 11) is 0. The van der Waals surface area contributed by atoms with Gasteiger partial charge in [-0.2, -0.15) is 0 Å². The van der Waals surface area contributed by atoms with Crippen molar-refractivity contribution in [2.75, 3.05) is 11.9 Å². The largest absolute Gasteiger partial charge is 0.383 e. The molecule has 1 rings (SSSR count). The molecule has 0 atom stereocenters. The average molecular weight is 157 g/mol.